The third-order valence-electron chi connectivity index (χ3n) is 4.87. The number of rotatable bonds is 11. The number of likely N-dealkylation sites (tertiary alicyclic amines) is 1. The van der Waals surface area contributed by atoms with Crippen LogP contribution in [0.3, 0.4) is 0 Å². The van der Waals surface area contributed by atoms with Crippen LogP contribution in [0.1, 0.15) is 38.7 Å². The molecule has 1 saturated heterocycles. The normalized spacial score (nSPS) is 16.8. The van der Waals surface area contributed by atoms with Crippen LogP contribution in [0.2, 0.25) is 0 Å². The van der Waals surface area contributed by atoms with Crippen molar-refractivity contribution < 1.29 is 14.2 Å². The number of nitrogens with zero attached hydrogens (tertiary/aromatic N) is 2. The molecule has 0 aromatic heterocycles. The van der Waals surface area contributed by atoms with Crippen LogP contribution in [-0.4, -0.2) is 70.6 Å². The Kier molecular flexibility index (Phi) is 13.3. The van der Waals surface area contributed by atoms with E-state index in [1.807, 2.05) is 12.1 Å². The summed E-state index contributed by atoms with van der Waals surface area (Å²) in [5.41, 5.74) is 1.33. The smallest absolute Gasteiger partial charge is 0.194 e. The summed E-state index contributed by atoms with van der Waals surface area (Å²) in [7, 11) is 1.70. The van der Waals surface area contributed by atoms with Crippen molar-refractivity contribution in [2.75, 3.05) is 59.7 Å². The molecule has 1 aliphatic rings. The maximum Gasteiger partial charge on any atom is 0.194 e. The lowest BCUT2D eigenvalue weighted by atomic mass is 10.0. The highest BCUT2D eigenvalue weighted by molar-refractivity contribution is 14.0. The van der Waals surface area contributed by atoms with Gasteiger partial charge in [-0.15, -0.1) is 24.0 Å². The molecule has 2 rings (SSSR count). The summed E-state index contributed by atoms with van der Waals surface area (Å²) in [5, 5.41) is 3.40. The third kappa shape index (κ3) is 9.53. The zero-order chi connectivity index (χ0) is 20.2. The molecular formula is C22H38IN3O3. The van der Waals surface area contributed by atoms with Gasteiger partial charge in [-0.1, -0.05) is 26.0 Å². The first-order valence-corrected chi connectivity index (χ1v) is 10.5. The van der Waals surface area contributed by atoms with E-state index in [0.717, 1.165) is 44.4 Å². The molecule has 0 amide bonds. The predicted molar refractivity (Wildman–Crippen MR) is 130 cm³/mol. The number of aliphatic imine (C=N–C) groups is 1. The molecule has 0 radical (unpaired) electrons. The number of guanidine groups is 1. The summed E-state index contributed by atoms with van der Waals surface area (Å²) in [4.78, 5) is 7.07. The lowest BCUT2D eigenvalue weighted by molar-refractivity contribution is 0.0536. The summed E-state index contributed by atoms with van der Waals surface area (Å²) in [6.07, 6.45) is 1.14. The lowest BCUT2D eigenvalue weighted by Gasteiger charge is -2.21. The molecule has 6 nitrogen and oxygen atoms in total. The van der Waals surface area contributed by atoms with Crippen molar-refractivity contribution in [2.45, 2.75) is 33.1 Å². The first-order chi connectivity index (χ1) is 13.6. The van der Waals surface area contributed by atoms with Crippen molar-refractivity contribution in [1.82, 2.24) is 10.2 Å². The Labute approximate surface area is 193 Å². The van der Waals surface area contributed by atoms with Gasteiger partial charge in [-0.25, -0.2) is 4.99 Å². The molecule has 29 heavy (non-hydrogen) atoms. The van der Waals surface area contributed by atoms with E-state index in [1.165, 1.54) is 5.56 Å². The SMILES string of the molecule is CCNC(=NCCOc1ccc(C(C)C)cc1)N1CCC(COCCOC)C1.I. The number of benzene rings is 1. The quantitative estimate of drug-likeness (QED) is 0.209. The van der Waals surface area contributed by atoms with Gasteiger partial charge in [0.2, 0.25) is 0 Å². The van der Waals surface area contributed by atoms with Gasteiger partial charge in [-0.2, -0.15) is 0 Å². The highest BCUT2D eigenvalue weighted by atomic mass is 127. The van der Waals surface area contributed by atoms with Gasteiger partial charge in [0.15, 0.2) is 5.96 Å². The van der Waals surface area contributed by atoms with Crippen molar-refractivity contribution >= 4 is 29.9 Å². The van der Waals surface area contributed by atoms with Crippen molar-refractivity contribution in [1.29, 1.82) is 0 Å². The number of methoxy groups -OCH3 is 1. The molecule has 0 aliphatic carbocycles. The van der Waals surface area contributed by atoms with Gasteiger partial charge in [-0.05, 0) is 37.0 Å². The molecule has 1 atom stereocenters. The molecular weight excluding hydrogens is 481 g/mol. The second-order valence-electron chi connectivity index (χ2n) is 7.48. The number of ether oxygens (including phenoxy) is 3. The fraction of sp³-hybridized carbons (Fsp3) is 0.682. The second-order valence-corrected chi connectivity index (χ2v) is 7.48. The monoisotopic (exact) mass is 519 g/mol. The highest BCUT2D eigenvalue weighted by Gasteiger charge is 2.24. The summed E-state index contributed by atoms with van der Waals surface area (Å²) in [6.45, 7) is 12.7. The molecule has 1 heterocycles. The summed E-state index contributed by atoms with van der Waals surface area (Å²) in [5.74, 6) is 2.96. The summed E-state index contributed by atoms with van der Waals surface area (Å²) < 4.78 is 16.6. The van der Waals surface area contributed by atoms with Crippen LogP contribution in [0.25, 0.3) is 0 Å². The third-order valence-corrected chi connectivity index (χ3v) is 4.87. The Balaban J connectivity index is 0.00000420. The minimum atomic E-state index is 0. The molecule has 0 bridgehead atoms. The second kappa shape index (κ2) is 14.8. The van der Waals surface area contributed by atoms with Crippen LogP contribution < -0.4 is 10.1 Å². The van der Waals surface area contributed by atoms with Gasteiger partial charge in [0.05, 0.1) is 26.4 Å². The van der Waals surface area contributed by atoms with Gasteiger partial charge >= 0.3 is 0 Å². The van der Waals surface area contributed by atoms with E-state index in [9.17, 15) is 0 Å². The average molecular weight is 519 g/mol. The maximum atomic E-state index is 5.84. The van der Waals surface area contributed by atoms with Gasteiger partial charge < -0.3 is 24.4 Å². The van der Waals surface area contributed by atoms with E-state index in [4.69, 9.17) is 19.2 Å². The van der Waals surface area contributed by atoms with Crippen molar-refractivity contribution in [3.63, 3.8) is 0 Å². The van der Waals surface area contributed by atoms with E-state index in [1.54, 1.807) is 7.11 Å². The number of halogens is 1. The van der Waals surface area contributed by atoms with Crippen LogP contribution >= 0.6 is 24.0 Å². The van der Waals surface area contributed by atoms with E-state index < -0.39 is 0 Å². The molecule has 166 valence electrons. The Morgan fingerprint density at radius 3 is 2.62 bits per heavy atom. The molecule has 1 N–H and O–H groups in total. The molecule has 1 aliphatic heterocycles. The van der Waals surface area contributed by atoms with Crippen LogP contribution in [0.4, 0.5) is 0 Å². The minimum Gasteiger partial charge on any atom is -0.492 e. The molecule has 0 spiro atoms. The first-order valence-electron chi connectivity index (χ1n) is 10.5. The minimum absolute atomic E-state index is 0. The Bertz CT molecular complexity index is 581. The van der Waals surface area contributed by atoms with Gasteiger partial charge in [0, 0.05) is 32.7 Å². The van der Waals surface area contributed by atoms with Crippen molar-refractivity contribution in [2.24, 2.45) is 10.9 Å². The van der Waals surface area contributed by atoms with Crippen LogP contribution in [0.5, 0.6) is 5.75 Å². The zero-order valence-electron chi connectivity index (χ0n) is 18.4. The maximum absolute atomic E-state index is 5.84. The van der Waals surface area contributed by atoms with E-state index >= 15 is 0 Å². The van der Waals surface area contributed by atoms with Gasteiger partial charge in [-0.3, -0.25) is 0 Å². The summed E-state index contributed by atoms with van der Waals surface area (Å²) >= 11 is 0. The molecule has 1 unspecified atom stereocenters. The Morgan fingerprint density at radius 1 is 1.21 bits per heavy atom. The van der Waals surface area contributed by atoms with Crippen LogP contribution in [0.15, 0.2) is 29.3 Å². The molecule has 0 saturated carbocycles. The van der Waals surface area contributed by atoms with Gasteiger partial charge in [0.1, 0.15) is 12.4 Å². The summed E-state index contributed by atoms with van der Waals surface area (Å²) in [6, 6.07) is 8.34. The number of hydrogen-bond acceptors (Lipinski definition) is 4. The largest absolute Gasteiger partial charge is 0.492 e. The Morgan fingerprint density at radius 2 is 1.97 bits per heavy atom. The van der Waals surface area contributed by atoms with Gasteiger partial charge in [0.25, 0.3) is 0 Å². The van der Waals surface area contributed by atoms with E-state index in [2.05, 4.69) is 43.1 Å². The Hall–Kier alpha value is -1.06. The topological polar surface area (TPSA) is 55.3 Å². The lowest BCUT2D eigenvalue weighted by Crippen LogP contribution is -2.40. The van der Waals surface area contributed by atoms with Crippen LogP contribution in [-0.2, 0) is 9.47 Å². The standard InChI is InChI=1S/C22H37N3O3.HI/c1-5-23-22(25-12-10-19(16-25)17-27-15-14-26-4)24-11-13-28-21-8-6-20(7-9-21)18(2)3;/h6-9,18-19H,5,10-17H2,1-4H3,(H,23,24);1H. The molecule has 1 aromatic rings. The van der Waals surface area contributed by atoms with E-state index in [-0.39, 0.29) is 24.0 Å². The first kappa shape index (κ1) is 26.0. The highest BCUT2D eigenvalue weighted by Crippen LogP contribution is 2.19. The van der Waals surface area contributed by atoms with E-state index in [0.29, 0.717) is 38.2 Å². The van der Waals surface area contributed by atoms with Crippen molar-refractivity contribution in [3.05, 3.63) is 29.8 Å². The fourth-order valence-corrected chi connectivity index (χ4v) is 3.24. The molecule has 1 fully saturated rings. The van der Waals surface area contributed by atoms with Crippen molar-refractivity contribution in [3.8, 4) is 5.75 Å². The fourth-order valence-electron chi connectivity index (χ4n) is 3.24. The molecule has 1 aromatic carbocycles. The zero-order valence-corrected chi connectivity index (χ0v) is 20.7. The number of hydrogen-bond donors (Lipinski definition) is 1. The predicted octanol–water partition coefficient (Wildman–Crippen LogP) is 3.76. The van der Waals surface area contributed by atoms with Crippen LogP contribution in [0, 0.1) is 5.92 Å². The molecule has 7 heteroatoms. The number of nitrogens with one attached hydrogen (secondary N) is 1. The average Bonchev–Trinajstić information content (AvgIpc) is 3.17.